The molecule has 0 aliphatic heterocycles. The molecule has 1 unspecified atom stereocenters. The molecule has 0 aliphatic rings. The fourth-order valence-electron chi connectivity index (χ4n) is 3.46. The molecule has 1 atom stereocenters. The lowest BCUT2D eigenvalue weighted by Crippen LogP contribution is -1.94. The first-order valence-corrected chi connectivity index (χ1v) is 22.3. The third-order valence-electron chi connectivity index (χ3n) is 5.85. The molecule has 0 radical (unpaired) electrons. The molecule has 234 valence electrons. The first-order valence-electron chi connectivity index (χ1n) is 15.7. The molecule has 0 heterocycles. The van der Waals surface area contributed by atoms with E-state index in [0.29, 0.717) is 19.6 Å². The molecule has 0 aromatic carbocycles. The maximum Gasteiger partial charge on any atom is 0.167 e. The summed E-state index contributed by atoms with van der Waals surface area (Å²) in [7, 11) is 7.37. The van der Waals surface area contributed by atoms with Crippen LogP contribution in [0.2, 0.25) is 0 Å². The summed E-state index contributed by atoms with van der Waals surface area (Å²) < 4.78 is 11.0. The zero-order chi connectivity index (χ0) is 28.9. The highest BCUT2D eigenvalue weighted by atomic mass is 33.1. The number of nitrogens with zero attached hydrogens (tertiary/aromatic N) is 1. The predicted molar refractivity (Wildman–Crippen MR) is 186 cm³/mol. The third kappa shape index (κ3) is 43.8. The lowest BCUT2D eigenvalue weighted by Gasteiger charge is -2.11. The number of unbranched alkanes of at least 4 members (excludes halogenated alkanes) is 14. The molecular formula is C30H62NO3PS4. The molecule has 0 aromatic heterocycles. The van der Waals surface area contributed by atoms with E-state index < -0.39 is 8.38 Å². The third-order valence-corrected chi connectivity index (χ3v) is 12.1. The summed E-state index contributed by atoms with van der Waals surface area (Å²) in [5.74, 6) is 5.20. The van der Waals surface area contributed by atoms with Gasteiger partial charge in [0.25, 0.3) is 0 Å². The summed E-state index contributed by atoms with van der Waals surface area (Å²) in [5.41, 5.74) is 0. The van der Waals surface area contributed by atoms with Gasteiger partial charge in [-0.3, -0.25) is 0 Å². The van der Waals surface area contributed by atoms with Gasteiger partial charge in [0.1, 0.15) is 0 Å². The predicted octanol–water partition coefficient (Wildman–Crippen LogP) is 11.7. The molecule has 0 amide bonds. The summed E-state index contributed by atoms with van der Waals surface area (Å²) in [6.07, 6.45) is 24.1. The van der Waals surface area contributed by atoms with Crippen molar-refractivity contribution in [3.63, 3.8) is 0 Å². The number of aliphatic hydroxyl groups excluding tert-OH is 1. The van der Waals surface area contributed by atoms with Gasteiger partial charge in [-0.2, -0.15) is 5.26 Å². The maximum absolute atomic E-state index is 8.62. The van der Waals surface area contributed by atoms with Crippen molar-refractivity contribution in [2.24, 2.45) is 0 Å². The minimum absolute atomic E-state index is 0.361. The highest BCUT2D eigenvalue weighted by Crippen LogP contribution is 2.33. The van der Waals surface area contributed by atoms with Crippen molar-refractivity contribution < 1.29 is 14.2 Å². The van der Waals surface area contributed by atoms with Crippen molar-refractivity contribution in [1.82, 2.24) is 0 Å². The smallest absolute Gasteiger partial charge is 0.167 e. The zero-order valence-corrected chi connectivity index (χ0v) is 29.8. The summed E-state index contributed by atoms with van der Waals surface area (Å²) in [4.78, 5) is 0. The number of hydrogen-bond acceptors (Lipinski definition) is 8. The van der Waals surface area contributed by atoms with E-state index in [9.17, 15) is 0 Å². The van der Waals surface area contributed by atoms with Gasteiger partial charge in [0.05, 0.1) is 25.7 Å². The lowest BCUT2D eigenvalue weighted by molar-refractivity contribution is 0.252. The van der Waals surface area contributed by atoms with Crippen LogP contribution in [0.4, 0.5) is 0 Å². The van der Waals surface area contributed by atoms with Crippen molar-refractivity contribution in [3.05, 3.63) is 0 Å². The Morgan fingerprint density at radius 3 is 1.36 bits per heavy atom. The molecule has 0 bridgehead atoms. The monoisotopic (exact) mass is 643 g/mol. The number of hydrogen-bond donors (Lipinski definition) is 1. The summed E-state index contributed by atoms with van der Waals surface area (Å²) in [5, 5.41) is 17.0. The van der Waals surface area contributed by atoms with Crippen molar-refractivity contribution in [3.8, 4) is 6.07 Å². The molecule has 0 aliphatic carbocycles. The van der Waals surface area contributed by atoms with E-state index in [0.717, 1.165) is 19.4 Å². The molecule has 1 N–H and O–H groups in total. The Labute approximate surface area is 261 Å². The average Bonchev–Trinajstić information content (AvgIpc) is 2.94. The van der Waals surface area contributed by atoms with Crippen LogP contribution in [0.5, 0.6) is 0 Å². The highest BCUT2D eigenvalue weighted by molar-refractivity contribution is 8.77. The SMILES string of the molecule is CCCCCCCSSCCCCCCO.CCCCCCCSSCCCCCCOP(C)OCCC#N. The topological polar surface area (TPSA) is 62.5 Å². The van der Waals surface area contributed by atoms with E-state index >= 15 is 0 Å². The van der Waals surface area contributed by atoms with Gasteiger partial charge < -0.3 is 14.2 Å². The average molecular weight is 644 g/mol. The molecule has 0 spiro atoms. The lowest BCUT2D eigenvalue weighted by atomic mass is 10.2. The molecule has 0 fully saturated rings. The Bertz CT molecular complexity index is 462. The second-order valence-corrected chi connectivity index (χ2v) is 16.5. The highest BCUT2D eigenvalue weighted by Gasteiger charge is 2.02. The van der Waals surface area contributed by atoms with Crippen LogP contribution in [0.15, 0.2) is 0 Å². The fourth-order valence-corrected chi connectivity index (χ4v) is 8.85. The molecule has 9 heteroatoms. The van der Waals surface area contributed by atoms with E-state index in [1.54, 1.807) is 0 Å². The van der Waals surface area contributed by atoms with Crippen molar-refractivity contribution in [1.29, 1.82) is 5.26 Å². The van der Waals surface area contributed by atoms with Gasteiger partial charge in [-0.1, -0.05) is 134 Å². The summed E-state index contributed by atoms with van der Waals surface area (Å²) in [6.45, 7) is 8.13. The maximum atomic E-state index is 8.62. The van der Waals surface area contributed by atoms with Gasteiger partial charge in [-0.05, 0) is 38.5 Å². The van der Waals surface area contributed by atoms with Gasteiger partial charge in [0.15, 0.2) is 8.38 Å². The van der Waals surface area contributed by atoms with E-state index in [2.05, 4.69) is 19.9 Å². The van der Waals surface area contributed by atoms with Crippen molar-refractivity contribution in [2.45, 2.75) is 136 Å². The molecule has 0 rings (SSSR count). The fraction of sp³-hybridized carbons (Fsp3) is 0.967. The zero-order valence-electron chi connectivity index (χ0n) is 25.7. The summed E-state index contributed by atoms with van der Waals surface area (Å²) >= 11 is 0. The second-order valence-electron chi connectivity index (χ2n) is 9.68. The first-order chi connectivity index (χ1) is 19.2. The standard InChI is InChI=1S/C17H34NO2PS2.C13H28OS2/c1-3-4-5-7-10-16-22-23-17-11-8-6-9-14-19-21(2)20-15-12-13-18;1-2-3-4-6-9-12-15-16-13-10-7-5-8-11-14/h3-12,14-17H2,1-2H3;14H,2-13H2,1H3. The number of rotatable bonds is 31. The van der Waals surface area contributed by atoms with Gasteiger partial charge in [-0.15, -0.1) is 0 Å². The Morgan fingerprint density at radius 1 is 0.564 bits per heavy atom. The normalized spacial score (nSPS) is 11.7. The number of nitriles is 1. The van der Waals surface area contributed by atoms with Crippen LogP contribution in [-0.4, -0.2) is 54.6 Å². The van der Waals surface area contributed by atoms with E-state index in [1.165, 1.54) is 126 Å². The van der Waals surface area contributed by atoms with Crippen LogP contribution < -0.4 is 0 Å². The van der Waals surface area contributed by atoms with Crippen LogP contribution in [0.1, 0.15) is 136 Å². The van der Waals surface area contributed by atoms with Gasteiger partial charge in [0.2, 0.25) is 0 Å². The largest absolute Gasteiger partial charge is 0.396 e. The quantitative estimate of drug-likeness (QED) is 0.0455. The van der Waals surface area contributed by atoms with Crippen LogP contribution in [-0.2, 0) is 9.05 Å². The molecule has 0 aromatic rings. The Kier molecular flexibility index (Phi) is 44.9. The minimum Gasteiger partial charge on any atom is -0.396 e. The van der Waals surface area contributed by atoms with E-state index in [-0.39, 0.29) is 0 Å². The van der Waals surface area contributed by atoms with Crippen molar-refractivity contribution in [2.75, 3.05) is 49.5 Å². The van der Waals surface area contributed by atoms with E-state index in [1.807, 2.05) is 49.8 Å². The van der Waals surface area contributed by atoms with Crippen molar-refractivity contribution >= 4 is 51.6 Å². The van der Waals surface area contributed by atoms with Crippen LogP contribution in [0.3, 0.4) is 0 Å². The van der Waals surface area contributed by atoms with Gasteiger partial charge >= 0.3 is 0 Å². The Morgan fingerprint density at radius 2 is 0.949 bits per heavy atom. The molecule has 0 saturated carbocycles. The minimum atomic E-state index is -0.791. The first kappa shape index (κ1) is 42.3. The molecular weight excluding hydrogens is 582 g/mol. The summed E-state index contributed by atoms with van der Waals surface area (Å²) in [6, 6.07) is 2.07. The van der Waals surface area contributed by atoms with Gasteiger partial charge in [0, 0.05) is 36.3 Å². The van der Waals surface area contributed by atoms with E-state index in [4.69, 9.17) is 19.4 Å². The Hall–Kier alpha value is 1.20. The van der Waals surface area contributed by atoms with Crippen LogP contribution >= 0.6 is 51.6 Å². The van der Waals surface area contributed by atoms with Crippen LogP contribution in [0.25, 0.3) is 0 Å². The molecule has 0 saturated heterocycles. The Balaban J connectivity index is 0. The van der Waals surface area contributed by atoms with Crippen LogP contribution in [0, 0.1) is 11.3 Å². The second kappa shape index (κ2) is 41.3. The number of aliphatic hydroxyl groups is 1. The molecule has 4 nitrogen and oxygen atoms in total. The molecule has 39 heavy (non-hydrogen) atoms. The van der Waals surface area contributed by atoms with Gasteiger partial charge in [-0.25, -0.2) is 0 Å².